The fraction of sp³-hybridized carbons (Fsp3) is 0.500. The van der Waals surface area contributed by atoms with Gasteiger partial charge in [-0.2, -0.15) is 0 Å². The smallest absolute Gasteiger partial charge is 0.303 e. The molecule has 2 N–H and O–H groups in total. The van der Waals surface area contributed by atoms with E-state index in [4.69, 9.17) is 5.11 Å². The highest BCUT2D eigenvalue weighted by Gasteiger charge is 2.22. The maximum absolute atomic E-state index is 12.6. The second-order valence-corrected chi connectivity index (χ2v) is 5.49. The average Bonchev–Trinajstić information content (AvgIpc) is 2.33. The van der Waals surface area contributed by atoms with E-state index in [2.05, 4.69) is 5.32 Å². The molecule has 0 saturated carbocycles. The van der Waals surface area contributed by atoms with Crippen molar-refractivity contribution in [3.63, 3.8) is 0 Å². The van der Waals surface area contributed by atoms with E-state index >= 15 is 0 Å². The van der Waals surface area contributed by atoms with Gasteiger partial charge in [0.15, 0.2) is 5.78 Å². The third-order valence-corrected chi connectivity index (χ3v) is 3.15. The lowest BCUT2D eigenvalue weighted by molar-refractivity contribution is -0.137. The predicted molar refractivity (Wildman–Crippen MR) is 79.2 cm³/mol. The highest BCUT2D eigenvalue weighted by molar-refractivity contribution is 6.01. The number of Topliss-reactive ketones (excluding diaryl/α,β-unsaturated/α-hetero) is 1. The van der Waals surface area contributed by atoms with Crippen LogP contribution in [0.5, 0.6) is 0 Å². The summed E-state index contributed by atoms with van der Waals surface area (Å²) in [6, 6.07) is 5.37. The number of nitrogens with one attached hydrogen (secondary N) is 1. The summed E-state index contributed by atoms with van der Waals surface area (Å²) < 4.78 is 0. The van der Waals surface area contributed by atoms with Crippen LogP contribution in [0.15, 0.2) is 18.2 Å². The molecule has 1 atom stereocenters. The molecule has 4 heteroatoms. The monoisotopic (exact) mass is 277 g/mol. The molecule has 0 aliphatic rings. The number of carbonyl (C=O) groups is 2. The molecule has 0 aliphatic carbocycles. The summed E-state index contributed by atoms with van der Waals surface area (Å²) in [5.41, 5.74) is 2.71. The Morgan fingerprint density at radius 3 is 2.40 bits per heavy atom. The number of aryl methyl sites for hydroxylation is 2. The van der Waals surface area contributed by atoms with Gasteiger partial charge in [-0.25, -0.2) is 0 Å². The van der Waals surface area contributed by atoms with Crippen LogP contribution >= 0.6 is 0 Å². The molecule has 4 nitrogen and oxygen atoms in total. The first-order valence-electron chi connectivity index (χ1n) is 6.90. The zero-order valence-electron chi connectivity index (χ0n) is 12.6. The topological polar surface area (TPSA) is 66.4 Å². The van der Waals surface area contributed by atoms with Gasteiger partial charge in [0, 0.05) is 18.0 Å². The number of rotatable bonds is 7. The number of benzene rings is 1. The Morgan fingerprint density at radius 1 is 1.25 bits per heavy atom. The fourth-order valence-corrected chi connectivity index (χ4v) is 2.24. The van der Waals surface area contributed by atoms with Crippen LogP contribution in [0.3, 0.4) is 0 Å². The van der Waals surface area contributed by atoms with Gasteiger partial charge < -0.3 is 10.4 Å². The van der Waals surface area contributed by atoms with Gasteiger partial charge in [-0.15, -0.1) is 0 Å². The first kappa shape index (κ1) is 16.4. The molecular weight excluding hydrogens is 254 g/mol. The van der Waals surface area contributed by atoms with Crippen LogP contribution in [-0.2, 0) is 4.79 Å². The minimum atomic E-state index is -0.881. The molecule has 110 valence electrons. The van der Waals surface area contributed by atoms with Gasteiger partial charge in [0.1, 0.15) is 0 Å². The van der Waals surface area contributed by atoms with Gasteiger partial charge >= 0.3 is 5.97 Å². The van der Waals surface area contributed by atoms with Gasteiger partial charge in [0.2, 0.25) is 0 Å². The molecule has 0 radical (unpaired) electrons. The number of carboxylic acid groups (broad SMARTS) is 1. The van der Waals surface area contributed by atoms with E-state index in [1.165, 1.54) is 0 Å². The van der Waals surface area contributed by atoms with Crippen molar-refractivity contribution in [1.29, 1.82) is 0 Å². The normalized spacial score (nSPS) is 12.4. The fourth-order valence-electron chi connectivity index (χ4n) is 2.24. The number of carbonyl (C=O) groups excluding carboxylic acids is 1. The second kappa shape index (κ2) is 7.20. The van der Waals surface area contributed by atoms with E-state index in [-0.39, 0.29) is 18.2 Å². The Balaban J connectivity index is 2.93. The number of ketones is 1. The predicted octanol–water partition coefficient (Wildman–Crippen LogP) is 2.72. The molecule has 0 amide bonds. The van der Waals surface area contributed by atoms with E-state index in [0.29, 0.717) is 12.0 Å². The second-order valence-electron chi connectivity index (χ2n) is 5.49. The summed E-state index contributed by atoms with van der Waals surface area (Å²) in [4.78, 5) is 23.3. The highest BCUT2D eigenvalue weighted by atomic mass is 16.4. The zero-order valence-corrected chi connectivity index (χ0v) is 12.6. The zero-order chi connectivity index (χ0) is 15.3. The molecule has 1 aromatic rings. The Kier molecular flexibility index (Phi) is 5.89. The van der Waals surface area contributed by atoms with Crippen LogP contribution in [-0.4, -0.2) is 28.9 Å². The minimum absolute atomic E-state index is 0.0129. The lowest BCUT2D eigenvalue weighted by Crippen LogP contribution is -2.41. The van der Waals surface area contributed by atoms with Crippen molar-refractivity contribution in [3.8, 4) is 0 Å². The molecule has 0 aromatic heterocycles. The molecule has 0 saturated heterocycles. The van der Waals surface area contributed by atoms with Crippen molar-refractivity contribution < 1.29 is 14.7 Å². The number of aliphatic carboxylic acids is 1. The summed E-state index contributed by atoms with van der Waals surface area (Å²) in [7, 11) is 0. The lowest BCUT2D eigenvalue weighted by atomic mass is 9.95. The van der Waals surface area contributed by atoms with Crippen molar-refractivity contribution in [2.75, 3.05) is 0 Å². The Labute approximate surface area is 120 Å². The van der Waals surface area contributed by atoms with Crippen molar-refractivity contribution in [3.05, 3.63) is 34.9 Å². The molecule has 1 aromatic carbocycles. The summed E-state index contributed by atoms with van der Waals surface area (Å²) in [6.07, 6.45) is 0.292. The summed E-state index contributed by atoms with van der Waals surface area (Å²) in [5.74, 6) is -0.911. The summed E-state index contributed by atoms with van der Waals surface area (Å²) in [6.45, 7) is 7.78. The maximum Gasteiger partial charge on any atom is 0.303 e. The molecule has 0 aliphatic heterocycles. The van der Waals surface area contributed by atoms with Crippen LogP contribution in [0.1, 0.15) is 48.2 Å². The Bertz CT molecular complexity index is 494. The standard InChI is InChI=1S/C16H23NO3/c1-10(2)17-14(7-8-15(18)19)16(20)13-6-5-11(3)9-12(13)4/h5-6,9-10,14,17H,7-8H2,1-4H3,(H,18,19). The highest BCUT2D eigenvalue weighted by Crippen LogP contribution is 2.15. The molecule has 1 rings (SSSR count). The molecule has 0 heterocycles. The van der Waals surface area contributed by atoms with E-state index in [9.17, 15) is 9.59 Å². The van der Waals surface area contributed by atoms with E-state index in [1.54, 1.807) is 0 Å². The van der Waals surface area contributed by atoms with Crippen LogP contribution in [0.4, 0.5) is 0 Å². The van der Waals surface area contributed by atoms with Gasteiger partial charge in [-0.3, -0.25) is 9.59 Å². The summed E-state index contributed by atoms with van der Waals surface area (Å²) in [5, 5.41) is 12.0. The number of carboxylic acids is 1. The maximum atomic E-state index is 12.6. The van der Waals surface area contributed by atoms with Crippen LogP contribution in [0, 0.1) is 13.8 Å². The molecule has 0 spiro atoms. The number of hydrogen-bond donors (Lipinski definition) is 2. The first-order chi connectivity index (χ1) is 9.31. The van der Waals surface area contributed by atoms with Gasteiger partial charge in [-0.1, -0.05) is 37.6 Å². The number of hydrogen-bond acceptors (Lipinski definition) is 3. The quantitative estimate of drug-likeness (QED) is 0.752. The molecule has 20 heavy (non-hydrogen) atoms. The van der Waals surface area contributed by atoms with Crippen molar-refractivity contribution in [1.82, 2.24) is 5.32 Å². The minimum Gasteiger partial charge on any atom is -0.481 e. The Hall–Kier alpha value is -1.68. The van der Waals surface area contributed by atoms with Crippen LogP contribution < -0.4 is 5.32 Å². The molecule has 1 unspecified atom stereocenters. The van der Waals surface area contributed by atoms with E-state index in [1.807, 2.05) is 45.9 Å². The van der Waals surface area contributed by atoms with E-state index < -0.39 is 12.0 Å². The van der Waals surface area contributed by atoms with Crippen LogP contribution in [0.25, 0.3) is 0 Å². The molecule has 0 fully saturated rings. The Morgan fingerprint density at radius 2 is 1.90 bits per heavy atom. The first-order valence-corrected chi connectivity index (χ1v) is 6.90. The molecular formula is C16H23NO3. The summed E-state index contributed by atoms with van der Waals surface area (Å²) >= 11 is 0. The van der Waals surface area contributed by atoms with Gasteiger partial charge in [0.05, 0.1) is 6.04 Å². The van der Waals surface area contributed by atoms with Gasteiger partial charge in [-0.05, 0) is 25.8 Å². The largest absolute Gasteiger partial charge is 0.481 e. The van der Waals surface area contributed by atoms with Crippen molar-refractivity contribution in [2.45, 2.75) is 52.6 Å². The van der Waals surface area contributed by atoms with Crippen LogP contribution in [0.2, 0.25) is 0 Å². The van der Waals surface area contributed by atoms with Crippen molar-refractivity contribution >= 4 is 11.8 Å². The lowest BCUT2D eigenvalue weighted by Gasteiger charge is -2.20. The van der Waals surface area contributed by atoms with Crippen molar-refractivity contribution in [2.24, 2.45) is 0 Å². The van der Waals surface area contributed by atoms with E-state index in [0.717, 1.165) is 11.1 Å². The van der Waals surface area contributed by atoms with Gasteiger partial charge in [0.25, 0.3) is 0 Å². The average molecular weight is 277 g/mol. The third kappa shape index (κ3) is 4.78. The third-order valence-electron chi connectivity index (χ3n) is 3.15. The SMILES string of the molecule is Cc1ccc(C(=O)C(CCC(=O)O)NC(C)C)c(C)c1. The molecule has 0 bridgehead atoms.